The Labute approximate surface area is 136 Å². The van der Waals surface area contributed by atoms with Crippen molar-refractivity contribution in [2.75, 3.05) is 12.2 Å². The number of benzene rings is 2. The van der Waals surface area contributed by atoms with E-state index in [1.807, 2.05) is 18.2 Å². The number of hydrogen-bond donors (Lipinski definition) is 1. The van der Waals surface area contributed by atoms with Gasteiger partial charge in [0, 0.05) is 5.02 Å². The molecular formula is C14H9Cl3N2O2. The number of rotatable bonds is 3. The number of hydrazone groups is 1. The number of halogens is 3. The summed E-state index contributed by atoms with van der Waals surface area (Å²) >= 11 is 17.9. The first kappa shape index (κ1) is 14.3. The molecule has 0 amide bonds. The molecule has 0 saturated heterocycles. The lowest BCUT2D eigenvalue weighted by atomic mass is 10.2. The number of hydrogen-bond acceptors (Lipinski definition) is 4. The van der Waals surface area contributed by atoms with Crippen LogP contribution in [0.1, 0.15) is 5.56 Å². The molecule has 108 valence electrons. The van der Waals surface area contributed by atoms with Gasteiger partial charge < -0.3 is 9.47 Å². The Kier molecular flexibility index (Phi) is 4.10. The first-order valence-corrected chi connectivity index (χ1v) is 7.10. The van der Waals surface area contributed by atoms with Gasteiger partial charge in [-0.1, -0.05) is 34.8 Å². The summed E-state index contributed by atoms with van der Waals surface area (Å²) in [5, 5.41) is 5.37. The molecular weight excluding hydrogens is 335 g/mol. The zero-order chi connectivity index (χ0) is 14.8. The Bertz CT molecular complexity index is 696. The van der Waals surface area contributed by atoms with Crippen LogP contribution >= 0.6 is 34.8 Å². The molecule has 0 radical (unpaired) electrons. The van der Waals surface area contributed by atoms with Gasteiger partial charge in [0.2, 0.25) is 6.79 Å². The van der Waals surface area contributed by atoms with Crippen molar-refractivity contribution < 1.29 is 9.47 Å². The maximum Gasteiger partial charge on any atom is 0.231 e. The lowest BCUT2D eigenvalue weighted by Gasteiger charge is -2.06. The third-order valence-electron chi connectivity index (χ3n) is 2.79. The van der Waals surface area contributed by atoms with Crippen LogP contribution in [-0.4, -0.2) is 13.0 Å². The molecule has 1 heterocycles. The maximum atomic E-state index is 6.05. The van der Waals surface area contributed by atoms with Gasteiger partial charge in [0.1, 0.15) is 0 Å². The molecule has 1 N–H and O–H groups in total. The second kappa shape index (κ2) is 6.02. The van der Waals surface area contributed by atoms with Gasteiger partial charge in [-0.2, -0.15) is 5.10 Å². The summed E-state index contributed by atoms with van der Waals surface area (Å²) in [5.41, 5.74) is 4.15. The molecule has 0 unspecified atom stereocenters. The molecule has 21 heavy (non-hydrogen) atoms. The van der Waals surface area contributed by atoms with Gasteiger partial charge in [0.25, 0.3) is 0 Å². The Hall–Kier alpha value is -1.62. The summed E-state index contributed by atoms with van der Waals surface area (Å²) in [6.45, 7) is 0.240. The Morgan fingerprint density at radius 2 is 1.71 bits per heavy atom. The average Bonchev–Trinajstić information content (AvgIpc) is 2.89. The number of anilines is 1. The molecule has 0 saturated carbocycles. The number of nitrogens with one attached hydrogen (secondary N) is 1. The van der Waals surface area contributed by atoms with Crippen LogP contribution in [0, 0.1) is 0 Å². The van der Waals surface area contributed by atoms with E-state index < -0.39 is 0 Å². The second-order valence-electron chi connectivity index (χ2n) is 4.23. The molecule has 7 heteroatoms. The quantitative estimate of drug-likeness (QED) is 0.641. The zero-order valence-corrected chi connectivity index (χ0v) is 12.8. The Morgan fingerprint density at radius 3 is 2.48 bits per heavy atom. The minimum Gasteiger partial charge on any atom is -0.454 e. The van der Waals surface area contributed by atoms with E-state index in [1.165, 1.54) is 0 Å². The molecule has 1 aliphatic heterocycles. The van der Waals surface area contributed by atoms with Crippen LogP contribution in [0.25, 0.3) is 0 Å². The first-order chi connectivity index (χ1) is 10.1. The molecule has 0 aliphatic carbocycles. The summed E-state index contributed by atoms with van der Waals surface area (Å²) in [6.07, 6.45) is 1.63. The molecule has 2 aromatic rings. The number of nitrogens with zero attached hydrogens (tertiary/aromatic N) is 1. The van der Waals surface area contributed by atoms with Gasteiger partial charge in [-0.05, 0) is 35.9 Å². The molecule has 0 atom stereocenters. The molecule has 3 rings (SSSR count). The molecule has 0 spiro atoms. The fourth-order valence-corrected chi connectivity index (χ4v) is 2.72. The normalized spacial score (nSPS) is 12.9. The fourth-order valence-electron chi connectivity index (χ4n) is 1.81. The highest BCUT2D eigenvalue weighted by Gasteiger charge is 2.12. The minimum atomic E-state index is 0.240. The molecule has 0 bridgehead atoms. The highest BCUT2D eigenvalue weighted by Crippen LogP contribution is 2.34. The molecule has 2 aromatic carbocycles. The topological polar surface area (TPSA) is 42.9 Å². The van der Waals surface area contributed by atoms with Crippen molar-refractivity contribution in [1.82, 2.24) is 0 Å². The van der Waals surface area contributed by atoms with E-state index in [1.54, 1.807) is 18.3 Å². The predicted molar refractivity (Wildman–Crippen MR) is 85.3 cm³/mol. The summed E-state index contributed by atoms with van der Waals surface area (Å²) in [6, 6.07) is 8.70. The summed E-state index contributed by atoms with van der Waals surface area (Å²) in [7, 11) is 0. The van der Waals surface area contributed by atoms with Gasteiger partial charge in [0.05, 0.1) is 21.9 Å². The third-order valence-corrected chi connectivity index (χ3v) is 3.61. The van der Waals surface area contributed by atoms with Gasteiger partial charge in [-0.15, -0.1) is 0 Å². The first-order valence-electron chi connectivity index (χ1n) is 5.97. The van der Waals surface area contributed by atoms with Crippen molar-refractivity contribution in [1.29, 1.82) is 0 Å². The molecule has 4 nitrogen and oxygen atoms in total. The SMILES string of the molecule is Clc1cc(Cl)c(N/N=C/c2ccc3c(c2)OCO3)c(Cl)c1. The number of fused-ring (bicyclic) bond motifs is 1. The van der Waals surface area contributed by atoms with E-state index in [2.05, 4.69) is 10.5 Å². The highest BCUT2D eigenvalue weighted by molar-refractivity contribution is 6.41. The van der Waals surface area contributed by atoms with Gasteiger partial charge in [-0.3, -0.25) is 5.43 Å². The van der Waals surface area contributed by atoms with Crippen LogP contribution in [-0.2, 0) is 0 Å². The van der Waals surface area contributed by atoms with Crippen molar-refractivity contribution in [2.45, 2.75) is 0 Å². The van der Waals surface area contributed by atoms with E-state index in [0.717, 1.165) is 11.3 Å². The van der Waals surface area contributed by atoms with Crippen molar-refractivity contribution in [3.63, 3.8) is 0 Å². The van der Waals surface area contributed by atoms with E-state index in [-0.39, 0.29) is 6.79 Å². The largest absolute Gasteiger partial charge is 0.454 e. The maximum absolute atomic E-state index is 6.05. The van der Waals surface area contributed by atoms with Crippen LogP contribution in [0.3, 0.4) is 0 Å². The van der Waals surface area contributed by atoms with Crippen molar-refractivity contribution in [2.24, 2.45) is 5.10 Å². The number of ether oxygens (including phenoxy) is 2. The predicted octanol–water partition coefficient (Wildman–Crippen LogP) is 4.82. The van der Waals surface area contributed by atoms with Crippen LogP contribution < -0.4 is 14.9 Å². The Balaban J connectivity index is 1.76. The van der Waals surface area contributed by atoms with Gasteiger partial charge >= 0.3 is 0 Å². The van der Waals surface area contributed by atoms with Crippen molar-refractivity contribution in [3.8, 4) is 11.5 Å². The van der Waals surface area contributed by atoms with E-state index in [4.69, 9.17) is 44.3 Å². The molecule has 0 fully saturated rings. The highest BCUT2D eigenvalue weighted by atomic mass is 35.5. The molecule has 0 aromatic heterocycles. The van der Waals surface area contributed by atoms with Gasteiger partial charge in [0.15, 0.2) is 11.5 Å². The van der Waals surface area contributed by atoms with Gasteiger partial charge in [-0.25, -0.2) is 0 Å². The lowest BCUT2D eigenvalue weighted by Crippen LogP contribution is -1.93. The molecule has 1 aliphatic rings. The zero-order valence-electron chi connectivity index (χ0n) is 10.6. The van der Waals surface area contributed by atoms with E-state index >= 15 is 0 Å². The lowest BCUT2D eigenvalue weighted by molar-refractivity contribution is 0.174. The van der Waals surface area contributed by atoms with E-state index in [0.29, 0.717) is 26.5 Å². The smallest absolute Gasteiger partial charge is 0.231 e. The summed E-state index contributed by atoms with van der Waals surface area (Å²) in [5.74, 6) is 1.42. The van der Waals surface area contributed by atoms with Crippen molar-refractivity contribution in [3.05, 3.63) is 51.0 Å². The van der Waals surface area contributed by atoms with E-state index in [9.17, 15) is 0 Å². The Morgan fingerprint density at radius 1 is 1.00 bits per heavy atom. The monoisotopic (exact) mass is 342 g/mol. The van der Waals surface area contributed by atoms with Crippen LogP contribution in [0.15, 0.2) is 35.4 Å². The summed E-state index contributed by atoms with van der Waals surface area (Å²) in [4.78, 5) is 0. The minimum absolute atomic E-state index is 0.240. The van der Waals surface area contributed by atoms with Crippen LogP contribution in [0.5, 0.6) is 11.5 Å². The summed E-state index contributed by atoms with van der Waals surface area (Å²) < 4.78 is 10.5. The third kappa shape index (κ3) is 3.18. The average molecular weight is 344 g/mol. The van der Waals surface area contributed by atoms with Crippen LogP contribution in [0.2, 0.25) is 15.1 Å². The van der Waals surface area contributed by atoms with Crippen molar-refractivity contribution >= 4 is 46.7 Å². The van der Waals surface area contributed by atoms with Crippen LogP contribution in [0.4, 0.5) is 5.69 Å². The fraction of sp³-hybridized carbons (Fsp3) is 0.0714. The standard InChI is InChI=1S/C14H9Cl3N2O2/c15-9-4-10(16)14(11(17)5-9)19-18-6-8-1-2-12-13(3-8)21-7-20-12/h1-6,19H,7H2/b18-6+. The second-order valence-corrected chi connectivity index (χ2v) is 5.48.